The Hall–Kier alpha value is -2.56. The molecule has 0 radical (unpaired) electrons. The van der Waals surface area contributed by atoms with Crippen LogP contribution >= 0.6 is 0 Å². The van der Waals surface area contributed by atoms with Crippen molar-refractivity contribution in [3.05, 3.63) is 47.4 Å². The highest BCUT2D eigenvalue weighted by Gasteiger charge is 2.29. The van der Waals surface area contributed by atoms with E-state index >= 15 is 0 Å². The fourth-order valence-corrected chi connectivity index (χ4v) is 3.19. The molecule has 0 saturated heterocycles. The second kappa shape index (κ2) is 4.22. The third-order valence-corrected chi connectivity index (χ3v) is 4.35. The number of anilines is 1. The molecule has 0 bridgehead atoms. The Kier molecular flexibility index (Phi) is 2.45. The predicted molar refractivity (Wildman–Crippen MR) is 81.5 cm³/mol. The van der Waals surface area contributed by atoms with Crippen LogP contribution in [-0.4, -0.2) is 21.1 Å². The van der Waals surface area contributed by atoms with E-state index in [2.05, 4.69) is 34.4 Å². The van der Waals surface area contributed by atoms with Gasteiger partial charge in [-0.15, -0.1) is 0 Å². The van der Waals surface area contributed by atoms with E-state index in [9.17, 15) is 0 Å². The van der Waals surface area contributed by atoms with E-state index in [0.717, 1.165) is 28.0 Å². The van der Waals surface area contributed by atoms with Gasteiger partial charge in [-0.1, -0.05) is 18.2 Å². The van der Waals surface area contributed by atoms with Gasteiger partial charge in [0.1, 0.15) is 30.1 Å². The molecule has 3 heterocycles. The quantitative estimate of drug-likeness (QED) is 0.744. The minimum Gasteiger partial charge on any atom is -0.491 e. The molecule has 1 aliphatic rings. The first-order valence-electron chi connectivity index (χ1n) is 6.97. The molecule has 1 atom stereocenters. The number of hydrogen-bond donors (Lipinski definition) is 1. The van der Waals surface area contributed by atoms with Crippen LogP contribution < -0.4 is 10.5 Å². The van der Waals surface area contributed by atoms with Gasteiger partial charge in [0.15, 0.2) is 0 Å². The second-order valence-electron chi connectivity index (χ2n) is 5.40. The highest BCUT2D eigenvalue weighted by molar-refractivity contribution is 5.91. The lowest BCUT2D eigenvalue weighted by atomic mass is 10.1. The monoisotopic (exact) mass is 280 g/mol. The molecule has 1 unspecified atom stereocenters. The summed E-state index contributed by atoms with van der Waals surface area (Å²) in [6.45, 7) is 4.78. The van der Waals surface area contributed by atoms with Crippen molar-refractivity contribution in [1.82, 2.24) is 14.5 Å². The van der Waals surface area contributed by atoms with Gasteiger partial charge in [0.05, 0.1) is 11.4 Å². The average Bonchev–Trinajstić information content (AvgIpc) is 3.01. The van der Waals surface area contributed by atoms with E-state index in [1.165, 1.54) is 11.9 Å². The molecule has 0 aliphatic carbocycles. The normalized spacial score (nSPS) is 17.0. The summed E-state index contributed by atoms with van der Waals surface area (Å²) in [5.74, 6) is 1.48. The SMILES string of the molecule is Cc1c(C)n(C2COc3ccccc32)c2ncnc(N)c12. The number of ether oxygens (including phenoxy) is 1. The molecular formula is C16H16N4O. The molecule has 4 rings (SSSR count). The van der Waals surface area contributed by atoms with Crippen molar-refractivity contribution in [1.29, 1.82) is 0 Å². The summed E-state index contributed by atoms with van der Waals surface area (Å²) in [6.07, 6.45) is 1.52. The molecule has 106 valence electrons. The van der Waals surface area contributed by atoms with Crippen LogP contribution in [0.1, 0.15) is 22.9 Å². The Balaban J connectivity index is 2.01. The molecule has 0 spiro atoms. The summed E-state index contributed by atoms with van der Waals surface area (Å²) < 4.78 is 8.03. The van der Waals surface area contributed by atoms with Crippen molar-refractivity contribution in [2.24, 2.45) is 0 Å². The first-order valence-corrected chi connectivity index (χ1v) is 6.97. The van der Waals surface area contributed by atoms with Crippen molar-refractivity contribution < 1.29 is 4.74 Å². The summed E-state index contributed by atoms with van der Waals surface area (Å²) in [5.41, 5.74) is 10.4. The van der Waals surface area contributed by atoms with Crippen molar-refractivity contribution >= 4 is 16.9 Å². The number of rotatable bonds is 1. The minimum absolute atomic E-state index is 0.131. The number of aryl methyl sites for hydroxylation is 1. The van der Waals surface area contributed by atoms with Crippen molar-refractivity contribution in [2.45, 2.75) is 19.9 Å². The zero-order valence-electron chi connectivity index (χ0n) is 12.0. The van der Waals surface area contributed by atoms with Gasteiger partial charge in [-0.3, -0.25) is 0 Å². The van der Waals surface area contributed by atoms with E-state index in [1.807, 2.05) is 18.2 Å². The summed E-state index contributed by atoms with van der Waals surface area (Å²) >= 11 is 0. The second-order valence-corrected chi connectivity index (χ2v) is 5.40. The highest BCUT2D eigenvalue weighted by atomic mass is 16.5. The number of nitrogens with zero attached hydrogens (tertiary/aromatic N) is 3. The van der Waals surface area contributed by atoms with Crippen molar-refractivity contribution in [2.75, 3.05) is 12.3 Å². The maximum Gasteiger partial charge on any atom is 0.146 e. The number of aromatic nitrogens is 3. The minimum atomic E-state index is 0.131. The number of fused-ring (bicyclic) bond motifs is 2. The molecule has 0 amide bonds. The van der Waals surface area contributed by atoms with E-state index in [0.29, 0.717) is 12.4 Å². The smallest absolute Gasteiger partial charge is 0.146 e. The van der Waals surface area contributed by atoms with E-state index in [4.69, 9.17) is 10.5 Å². The van der Waals surface area contributed by atoms with E-state index < -0.39 is 0 Å². The Labute approximate surface area is 122 Å². The lowest BCUT2D eigenvalue weighted by molar-refractivity contribution is 0.317. The lowest BCUT2D eigenvalue weighted by Crippen LogP contribution is -2.14. The number of nitrogen functional groups attached to an aromatic ring is 1. The van der Waals surface area contributed by atoms with Crippen LogP contribution in [0.15, 0.2) is 30.6 Å². The molecule has 2 aromatic heterocycles. The fourth-order valence-electron chi connectivity index (χ4n) is 3.19. The first-order chi connectivity index (χ1) is 10.2. The number of benzene rings is 1. The maximum atomic E-state index is 6.04. The summed E-state index contributed by atoms with van der Waals surface area (Å²) in [4.78, 5) is 8.57. The molecule has 3 aromatic rings. The first kappa shape index (κ1) is 12.2. The van der Waals surface area contributed by atoms with Gasteiger partial charge < -0.3 is 15.0 Å². The van der Waals surface area contributed by atoms with Crippen LogP contribution in [0.2, 0.25) is 0 Å². The van der Waals surface area contributed by atoms with Crippen LogP contribution in [0.4, 0.5) is 5.82 Å². The Morgan fingerprint density at radius 3 is 2.90 bits per heavy atom. The van der Waals surface area contributed by atoms with Gasteiger partial charge in [-0.2, -0.15) is 0 Å². The molecular weight excluding hydrogens is 264 g/mol. The molecule has 1 aliphatic heterocycles. The molecule has 5 nitrogen and oxygen atoms in total. The van der Waals surface area contributed by atoms with Gasteiger partial charge in [-0.05, 0) is 25.5 Å². The van der Waals surface area contributed by atoms with Crippen LogP contribution in [0.25, 0.3) is 11.0 Å². The molecule has 2 N–H and O–H groups in total. The zero-order chi connectivity index (χ0) is 14.6. The molecule has 21 heavy (non-hydrogen) atoms. The standard InChI is InChI=1S/C16H16N4O/c1-9-10(2)20(16-14(9)15(17)18-8-19-16)12-7-21-13-6-4-3-5-11(12)13/h3-6,8,12H,7H2,1-2H3,(H2,17,18,19). The van der Waals surface area contributed by atoms with Crippen LogP contribution in [0, 0.1) is 13.8 Å². The third-order valence-electron chi connectivity index (χ3n) is 4.35. The zero-order valence-corrected chi connectivity index (χ0v) is 12.0. The molecule has 5 heteroatoms. The Morgan fingerprint density at radius 1 is 1.24 bits per heavy atom. The highest BCUT2D eigenvalue weighted by Crippen LogP contribution is 2.39. The largest absolute Gasteiger partial charge is 0.491 e. The molecule has 1 aromatic carbocycles. The summed E-state index contributed by atoms with van der Waals surface area (Å²) in [5, 5.41) is 0.944. The van der Waals surface area contributed by atoms with Gasteiger partial charge in [-0.25, -0.2) is 9.97 Å². The third kappa shape index (κ3) is 1.57. The number of para-hydroxylation sites is 1. The Bertz CT molecular complexity index is 853. The fraction of sp³-hybridized carbons (Fsp3) is 0.250. The lowest BCUT2D eigenvalue weighted by Gasteiger charge is -2.15. The number of hydrogen-bond acceptors (Lipinski definition) is 4. The topological polar surface area (TPSA) is 66.0 Å². The molecule has 0 fully saturated rings. The summed E-state index contributed by atoms with van der Waals surface area (Å²) in [7, 11) is 0. The van der Waals surface area contributed by atoms with Crippen LogP contribution in [0.3, 0.4) is 0 Å². The maximum absolute atomic E-state index is 6.04. The van der Waals surface area contributed by atoms with Gasteiger partial charge in [0.25, 0.3) is 0 Å². The van der Waals surface area contributed by atoms with Gasteiger partial charge in [0.2, 0.25) is 0 Å². The summed E-state index contributed by atoms with van der Waals surface area (Å²) in [6, 6.07) is 8.28. The van der Waals surface area contributed by atoms with Crippen LogP contribution in [-0.2, 0) is 0 Å². The predicted octanol–water partition coefficient (Wildman–Crippen LogP) is 2.61. The van der Waals surface area contributed by atoms with Crippen molar-refractivity contribution in [3.63, 3.8) is 0 Å². The average molecular weight is 280 g/mol. The van der Waals surface area contributed by atoms with Crippen LogP contribution in [0.5, 0.6) is 5.75 Å². The van der Waals surface area contributed by atoms with E-state index in [1.54, 1.807) is 0 Å². The van der Waals surface area contributed by atoms with Crippen molar-refractivity contribution in [3.8, 4) is 5.75 Å². The molecule has 0 saturated carbocycles. The number of nitrogens with two attached hydrogens (primary N) is 1. The van der Waals surface area contributed by atoms with Gasteiger partial charge in [0, 0.05) is 11.3 Å². The van der Waals surface area contributed by atoms with Gasteiger partial charge >= 0.3 is 0 Å². The van der Waals surface area contributed by atoms with E-state index in [-0.39, 0.29) is 6.04 Å². The Morgan fingerprint density at radius 2 is 2.05 bits per heavy atom.